The molecule has 0 radical (unpaired) electrons. The van der Waals surface area contributed by atoms with Crippen LogP contribution in [0.4, 0.5) is 10.1 Å². The van der Waals surface area contributed by atoms with E-state index >= 15 is 0 Å². The molecular formula is C16H15ClFNO2. The van der Waals surface area contributed by atoms with Gasteiger partial charge in [0, 0.05) is 10.7 Å². The van der Waals surface area contributed by atoms with Crippen molar-refractivity contribution in [3.63, 3.8) is 0 Å². The Morgan fingerprint density at radius 3 is 2.52 bits per heavy atom. The van der Waals surface area contributed by atoms with E-state index in [4.69, 9.17) is 16.3 Å². The lowest BCUT2D eigenvalue weighted by Crippen LogP contribution is -2.30. The van der Waals surface area contributed by atoms with Crippen LogP contribution in [0.1, 0.15) is 12.5 Å². The summed E-state index contributed by atoms with van der Waals surface area (Å²) < 4.78 is 18.2. The highest BCUT2D eigenvalue weighted by molar-refractivity contribution is 6.31. The van der Waals surface area contributed by atoms with Gasteiger partial charge in [-0.05, 0) is 55.8 Å². The summed E-state index contributed by atoms with van der Waals surface area (Å²) in [5, 5.41) is 3.30. The van der Waals surface area contributed by atoms with Crippen molar-refractivity contribution in [3.05, 3.63) is 58.9 Å². The fraction of sp³-hybridized carbons (Fsp3) is 0.188. The van der Waals surface area contributed by atoms with Gasteiger partial charge in [-0.25, -0.2) is 4.39 Å². The minimum atomic E-state index is -0.712. The number of hydrogen-bond donors (Lipinski definition) is 1. The van der Waals surface area contributed by atoms with Crippen molar-refractivity contribution in [2.75, 3.05) is 5.32 Å². The molecule has 0 heterocycles. The lowest BCUT2D eigenvalue weighted by Gasteiger charge is -2.15. The van der Waals surface area contributed by atoms with Crippen molar-refractivity contribution in [3.8, 4) is 5.75 Å². The van der Waals surface area contributed by atoms with Crippen molar-refractivity contribution in [2.45, 2.75) is 20.0 Å². The Balaban J connectivity index is 1.98. The number of aryl methyl sites for hydroxylation is 1. The van der Waals surface area contributed by atoms with Gasteiger partial charge >= 0.3 is 0 Å². The zero-order valence-corrected chi connectivity index (χ0v) is 12.4. The first-order chi connectivity index (χ1) is 9.95. The molecule has 0 unspecified atom stereocenters. The smallest absolute Gasteiger partial charge is 0.265 e. The summed E-state index contributed by atoms with van der Waals surface area (Å²) in [6, 6.07) is 10.8. The third kappa shape index (κ3) is 4.20. The van der Waals surface area contributed by atoms with Crippen LogP contribution in [0.25, 0.3) is 0 Å². The summed E-state index contributed by atoms with van der Waals surface area (Å²) in [6.07, 6.45) is -0.712. The Morgan fingerprint density at radius 1 is 1.24 bits per heavy atom. The maximum atomic E-state index is 12.8. The molecule has 1 N–H and O–H groups in total. The summed E-state index contributed by atoms with van der Waals surface area (Å²) in [5.74, 6) is -0.228. The summed E-state index contributed by atoms with van der Waals surface area (Å²) in [5.41, 5.74) is 1.54. The Hall–Kier alpha value is -2.07. The van der Waals surface area contributed by atoms with Gasteiger partial charge in [-0.1, -0.05) is 17.7 Å². The predicted molar refractivity (Wildman–Crippen MR) is 81.3 cm³/mol. The molecule has 2 aromatic carbocycles. The quantitative estimate of drug-likeness (QED) is 0.919. The summed E-state index contributed by atoms with van der Waals surface area (Å²) in [7, 11) is 0. The molecule has 0 aliphatic rings. The number of amides is 1. The second-order valence-electron chi connectivity index (χ2n) is 4.67. The highest BCUT2D eigenvalue weighted by atomic mass is 35.5. The zero-order chi connectivity index (χ0) is 15.4. The second-order valence-corrected chi connectivity index (χ2v) is 5.07. The van der Waals surface area contributed by atoms with Crippen LogP contribution in [0.2, 0.25) is 5.02 Å². The summed E-state index contributed by atoms with van der Waals surface area (Å²) >= 11 is 6.00. The first kappa shape index (κ1) is 15.3. The van der Waals surface area contributed by atoms with E-state index in [9.17, 15) is 9.18 Å². The molecule has 2 rings (SSSR count). The van der Waals surface area contributed by atoms with Crippen LogP contribution in [0.5, 0.6) is 5.75 Å². The Bertz CT molecular complexity index is 643. The molecule has 5 heteroatoms. The van der Waals surface area contributed by atoms with Crippen molar-refractivity contribution in [1.82, 2.24) is 0 Å². The molecular weight excluding hydrogens is 293 g/mol. The first-order valence-corrected chi connectivity index (χ1v) is 6.83. The second kappa shape index (κ2) is 6.59. The molecule has 2 aromatic rings. The van der Waals surface area contributed by atoms with E-state index in [1.165, 1.54) is 24.3 Å². The number of carbonyl (C=O) groups is 1. The van der Waals surface area contributed by atoms with Crippen LogP contribution >= 0.6 is 11.6 Å². The molecule has 0 saturated carbocycles. The van der Waals surface area contributed by atoms with Gasteiger partial charge in [-0.3, -0.25) is 4.79 Å². The molecule has 0 spiro atoms. The molecule has 0 aromatic heterocycles. The molecule has 0 bridgehead atoms. The SMILES string of the molecule is Cc1ccc(NC(=O)[C@@H](C)Oc2ccc(F)cc2)cc1Cl. The molecule has 0 saturated heterocycles. The number of carbonyl (C=O) groups excluding carboxylic acids is 1. The minimum Gasteiger partial charge on any atom is -0.481 e. The Kier molecular flexibility index (Phi) is 4.81. The molecule has 0 fully saturated rings. The maximum absolute atomic E-state index is 12.8. The number of nitrogens with one attached hydrogen (secondary N) is 1. The van der Waals surface area contributed by atoms with Gasteiger partial charge in [-0.2, -0.15) is 0 Å². The summed E-state index contributed by atoms with van der Waals surface area (Å²) in [6.45, 7) is 3.50. The van der Waals surface area contributed by atoms with Crippen molar-refractivity contribution in [2.24, 2.45) is 0 Å². The normalized spacial score (nSPS) is 11.8. The van der Waals surface area contributed by atoms with Gasteiger partial charge in [-0.15, -0.1) is 0 Å². The highest BCUT2D eigenvalue weighted by Gasteiger charge is 2.15. The number of rotatable bonds is 4. The lowest BCUT2D eigenvalue weighted by molar-refractivity contribution is -0.122. The van der Waals surface area contributed by atoms with E-state index in [2.05, 4.69) is 5.32 Å². The predicted octanol–water partition coefficient (Wildman–Crippen LogP) is 4.19. The number of anilines is 1. The molecule has 0 aliphatic carbocycles. The number of halogens is 2. The molecule has 21 heavy (non-hydrogen) atoms. The van der Waals surface area contributed by atoms with Crippen LogP contribution in [-0.4, -0.2) is 12.0 Å². The maximum Gasteiger partial charge on any atom is 0.265 e. The first-order valence-electron chi connectivity index (χ1n) is 6.45. The average Bonchev–Trinajstić information content (AvgIpc) is 2.45. The molecule has 1 atom stereocenters. The fourth-order valence-electron chi connectivity index (χ4n) is 1.69. The van der Waals surface area contributed by atoms with Crippen LogP contribution < -0.4 is 10.1 Å². The van der Waals surface area contributed by atoms with E-state index in [0.29, 0.717) is 16.5 Å². The molecule has 1 amide bonds. The van der Waals surface area contributed by atoms with E-state index in [1.54, 1.807) is 19.1 Å². The molecule has 3 nitrogen and oxygen atoms in total. The van der Waals surface area contributed by atoms with Gasteiger partial charge in [0.2, 0.25) is 0 Å². The van der Waals surface area contributed by atoms with Gasteiger partial charge in [0.25, 0.3) is 5.91 Å². The largest absolute Gasteiger partial charge is 0.481 e. The number of hydrogen-bond acceptors (Lipinski definition) is 2. The third-order valence-electron chi connectivity index (χ3n) is 2.94. The monoisotopic (exact) mass is 307 g/mol. The van der Waals surface area contributed by atoms with Crippen molar-refractivity contribution >= 4 is 23.2 Å². The Morgan fingerprint density at radius 2 is 1.90 bits per heavy atom. The van der Waals surface area contributed by atoms with E-state index < -0.39 is 6.10 Å². The lowest BCUT2D eigenvalue weighted by atomic mass is 10.2. The minimum absolute atomic E-state index is 0.306. The van der Waals surface area contributed by atoms with Crippen molar-refractivity contribution < 1.29 is 13.9 Å². The fourth-order valence-corrected chi connectivity index (χ4v) is 1.87. The van der Waals surface area contributed by atoms with Crippen LogP contribution in [0.15, 0.2) is 42.5 Å². The van der Waals surface area contributed by atoms with Gasteiger partial charge in [0.1, 0.15) is 11.6 Å². The van der Waals surface area contributed by atoms with E-state index in [1.807, 2.05) is 13.0 Å². The summed E-state index contributed by atoms with van der Waals surface area (Å²) in [4.78, 5) is 12.0. The molecule has 0 aliphatic heterocycles. The topological polar surface area (TPSA) is 38.3 Å². The van der Waals surface area contributed by atoms with Gasteiger partial charge in [0.15, 0.2) is 6.10 Å². The third-order valence-corrected chi connectivity index (χ3v) is 3.34. The number of benzene rings is 2. The van der Waals surface area contributed by atoms with Gasteiger partial charge in [0.05, 0.1) is 0 Å². The van der Waals surface area contributed by atoms with Crippen LogP contribution in [-0.2, 0) is 4.79 Å². The average molecular weight is 308 g/mol. The van der Waals surface area contributed by atoms with E-state index in [-0.39, 0.29) is 11.7 Å². The van der Waals surface area contributed by atoms with E-state index in [0.717, 1.165) is 5.56 Å². The standard InChI is InChI=1S/C16H15ClFNO2/c1-10-3-6-13(9-15(10)17)19-16(20)11(2)21-14-7-4-12(18)5-8-14/h3-9,11H,1-2H3,(H,19,20)/t11-/m1/s1. The van der Waals surface area contributed by atoms with Crippen molar-refractivity contribution in [1.29, 1.82) is 0 Å². The number of ether oxygens (including phenoxy) is 1. The highest BCUT2D eigenvalue weighted by Crippen LogP contribution is 2.20. The zero-order valence-electron chi connectivity index (χ0n) is 11.7. The van der Waals surface area contributed by atoms with Gasteiger partial charge < -0.3 is 10.1 Å². The van der Waals surface area contributed by atoms with Crippen LogP contribution in [0, 0.1) is 12.7 Å². The molecule has 110 valence electrons. The van der Waals surface area contributed by atoms with Crippen LogP contribution in [0.3, 0.4) is 0 Å². The Labute approximate surface area is 127 Å².